The fourth-order valence-electron chi connectivity index (χ4n) is 4.11. The Morgan fingerprint density at radius 2 is 1.83 bits per heavy atom. The normalized spacial score (nSPS) is 14.9. The van der Waals surface area contributed by atoms with Crippen LogP contribution in [0.4, 0.5) is 21.8 Å². The average Bonchev–Trinajstić information content (AvgIpc) is 2.87. The molecular formula is C26H33FN8. The van der Waals surface area contributed by atoms with Crippen molar-refractivity contribution in [3.63, 3.8) is 0 Å². The van der Waals surface area contributed by atoms with Crippen molar-refractivity contribution in [2.45, 2.75) is 27.3 Å². The van der Waals surface area contributed by atoms with Gasteiger partial charge in [0.05, 0.1) is 6.20 Å². The van der Waals surface area contributed by atoms with E-state index in [-0.39, 0.29) is 17.6 Å². The quantitative estimate of drug-likeness (QED) is 0.331. The lowest BCUT2D eigenvalue weighted by molar-refractivity contribution is 0.132. The van der Waals surface area contributed by atoms with Gasteiger partial charge in [-0.3, -0.25) is 4.90 Å². The van der Waals surface area contributed by atoms with Crippen molar-refractivity contribution in [3.05, 3.63) is 59.7 Å². The third-order valence-corrected chi connectivity index (χ3v) is 6.32. The van der Waals surface area contributed by atoms with Gasteiger partial charge in [0.15, 0.2) is 5.82 Å². The highest BCUT2D eigenvalue weighted by atomic mass is 19.1. The molecule has 0 radical (unpaired) electrons. The second-order valence-corrected chi connectivity index (χ2v) is 9.15. The number of nitrogens with two attached hydrogens (primary N) is 1. The lowest BCUT2D eigenvalue weighted by Gasteiger charge is -2.33. The molecule has 3 aromatic rings. The molecule has 0 aliphatic carbocycles. The number of benzene rings is 1. The molecule has 1 saturated heterocycles. The maximum Gasteiger partial charge on any atom is 0.229 e. The summed E-state index contributed by atoms with van der Waals surface area (Å²) in [6.07, 6.45) is 2.99. The Hall–Kier alpha value is -3.43. The summed E-state index contributed by atoms with van der Waals surface area (Å²) in [6.45, 7) is 12.3. The van der Waals surface area contributed by atoms with Gasteiger partial charge in [-0.2, -0.15) is 0 Å². The molecule has 0 unspecified atom stereocenters. The van der Waals surface area contributed by atoms with Crippen LogP contribution in [0.15, 0.2) is 42.7 Å². The van der Waals surface area contributed by atoms with Gasteiger partial charge < -0.3 is 21.4 Å². The van der Waals surface area contributed by atoms with Crippen LogP contribution in [0.1, 0.15) is 31.9 Å². The lowest BCUT2D eigenvalue weighted by Crippen LogP contribution is -2.45. The summed E-state index contributed by atoms with van der Waals surface area (Å²) >= 11 is 0. The molecule has 0 spiro atoms. The number of aromatic nitrogens is 3. The average molecular weight is 477 g/mol. The minimum absolute atomic E-state index is 0.00461. The Bertz CT molecular complexity index is 1170. The highest BCUT2D eigenvalue weighted by molar-refractivity contribution is 6.04. The Morgan fingerprint density at radius 3 is 2.49 bits per heavy atom. The first-order valence-corrected chi connectivity index (χ1v) is 12.0. The zero-order valence-corrected chi connectivity index (χ0v) is 20.6. The molecule has 1 aliphatic heterocycles. The summed E-state index contributed by atoms with van der Waals surface area (Å²) in [4.78, 5) is 17.8. The van der Waals surface area contributed by atoms with E-state index in [2.05, 4.69) is 37.0 Å². The van der Waals surface area contributed by atoms with Crippen molar-refractivity contribution in [2.24, 2.45) is 5.92 Å². The summed E-state index contributed by atoms with van der Waals surface area (Å²) in [7, 11) is 0. The minimum Gasteiger partial charge on any atom is -0.398 e. The van der Waals surface area contributed by atoms with E-state index in [0.717, 1.165) is 51.0 Å². The summed E-state index contributed by atoms with van der Waals surface area (Å²) in [6, 6.07) is 9.01. The minimum atomic E-state index is -0.547. The largest absolute Gasteiger partial charge is 0.398 e. The van der Waals surface area contributed by atoms with E-state index in [1.54, 1.807) is 18.2 Å². The van der Waals surface area contributed by atoms with Crippen molar-refractivity contribution >= 4 is 23.2 Å². The molecule has 9 heteroatoms. The molecule has 3 heterocycles. The first-order chi connectivity index (χ1) is 16.8. The Balaban J connectivity index is 1.47. The molecule has 1 aromatic carbocycles. The molecule has 1 fully saturated rings. The number of halogens is 1. The van der Waals surface area contributed by atoms with Crippen LogP contribution in [0, 0.1) is 17.1 Å². The number of nitrogens with zero attached hydrogens (tertiary/aromatic N) is 5. The lowest BCUT2D eigenvalue weighted by atomic mass is 9.96. The second kappa shape index (κ2) is 10.9. The van der Waals surface area contributed by atoms with Crippen LogP contribution in [-0.4, -0.2) is 63.2 Å². The van der Waals surface area contributed by atoms with Crippen LogP contribution >= 0.6 is 0 Å². The molecular weight excluding hydrogens is 443 g/mol. The first kappa shape index (κ1) is 24.7. The number of pyridine rings is 1. The molecule has 4 N–H and O–H groups in total. The van der Waals surface area contributed by atoms with Crippen LogP contribution in [0.3, 0.4) is 0 Å². The van der Waals surface area contributed by atoms with Gasteiger partial charge in [0, 0.05) is 61.4 Å². The maximum absolute atomic E-state index is 14.6. The molecule has 0 atom stereocenters. The SMILES string of the molecule is CCN1CCN(Cc2ccc(Nc3ncc(F)c(-c4ccc(N)c(C(=N)C(C)C)c4)n3)nc2)CC1. The van der Waals surface area contributed by atoms with E-state index in [1.165, 1.54) is 0 Å². The van der Waals surface area contributed by atoms with Gasteiger partial charge in [-0.1, -0.05) is 32.9 Å². The molecule has 0 amide bonds. The monoisotopic (exact) mass is 476 g/mol. The molecule has 0 saturated carbocycles. The number of hydrogen-bond donors (Lipinski definition) is 3. The van der Waals surface area contributed by atoms with Crippen molar-refractivity contribution < 1.29 is 4.39 Å². The number of rotatable bonds is 8. The number of anilines is 3. The zero-order valence-electron chi connectivity index (χ0n) is 20.6. The molecule has 35 heavy (non-hydrogen) atoms. The standard InChI is InChI=1S/C26H33FN8/c1-4-34-9-11-35(12-10-34)16-18-5-8-23(30-14-18)32-26-31-15-21(27)25(33-26)19-6-7-22(28)20(13-19)24(29)17(2)3/h5-8,13-15,17,29H,4,9-12,16,28H2,1-3H3,(H,30,31,32,33). The number of nitrogens with one attached hydrogen (secondary N) is 2. The summed E-state index contributed by atoms with van der Waals surface area (Å²) in [5.41, 5.74) is 9.35. The van der Waals surface area contributed by atoms with E-state index in [0.29, 0.717) is 28.3 Å². The van der Waals surface area contributed by atoms with Crippen LogP contribution in [-0.2, 0) is 6.54 Å². The molecule has 4 rings (SSSR count). The fraction of sp³-hybridized carbons (Fsp3) is 0.385. The van der Waals surface area contributed by atoms with E-state index < -0.39 is 5.82 Å². The Morgan fingerprint density at radius 1 is 1.09 bits per heavy atom. The maximum atomic E-state index is 14.6. The third kappa shape index (κ3) is 5.98. The second-order valence-electron chi connectivity index (χ2n) is 9.15. The Labute approximate surface area is 205 Å². The van der Waals surface area contributed by atoms with E-state index >= 15 is 0 Å². The highest BCUT2D eigenvalue weighted by Gasteiger charge is 2.17. The van der Waals surface area contributed by atoms with Crippen LogP contribution in [0.5, 0.6) is 0 Å². The smallest absolute Gasteiger partial charge is 0.229 e. The predicted molar refractivity (Wildman–Crippen MR) is 138 cm³/mol. The van der Waals surface area contributed by atoms with E-state index in [1.807, 2.05) is 32.2 Å². The van der Waals surface area contributed by atoms with Crippen LogP contribution < -0.4 is 11.1 Å². The molecule has 2 aromatic heterocycles. The van der Waals surface area contributed by atoms with Crippen molar-refractivity contribution in [1.29, 1.82) is 5.41 Å². The summed E-state index contributed by atoms with van der Waals surface area (Å²) < 4.78 is 14.6. The van der Waals surface area contributed by atoms with Gasteiger partial charge in [-0.25, -0.2) is 19.3 Å². The third-order valence-electron chi connectivity index (χ3n) is 6.32. The van der Waals surface area contributed by atoms with Gasteiger partial charge in [0.25, 0.3) is 0 Å². The van der Waals surface area contributed by atoms with E-state index in [9.17, 15) is 4.39 Å². The fourth-order valence-corrected chi connectivity index (χ4v) is 4.11. The van der Waals surface area contributed by atoms with Gasteiger partial charge in [0.2, 0.25) is 5.95 Å². The first-order valence-electron chi connectivity index (χ1n) is 12.0. The molecule has 184 valence electrons. The summed E-state index contributed by atoms with van der Waals surface area (Å²) in [5, 5.41) is 11.4. The van der Waals surface area contributed by atoms with Crippen LogP contribution in [0.2, 0.25) is 0 Å². The number of nitrogen functional groups attached to an aromatic ring is 1. The number of piperazine rings is 1. The van der Waals surface area contributed by atoms with Gasteiger partial charge in [-0.05, 0) is 36.2 Å². The zero-order chi connectivity index (χ0) is 24.9. The van der Waals surface area contributed by atoms with Crippen molar-refractivity contribution in [2.75, 3.05) is 43.8 Å². The highest BCUT2D eigenvalue weighted by Crippen LogP contribution is 2.27. The van der Waals surface area contributed by atoms with Crippen molar-refractivity contribution in [3.8, 4) is 11.3 Å². The van der Waals surface area contributed by atoms with E-state index in [4.69, 9.17) is 11.1 Å². The molecule has 1 aliphatic rings. The van der Waals surface area contributed by atoms with Crippen molar-refractivity contribution in [1.82, 2.24) is 24.8 Å². The Kier molecular flexibility index (Phi) is 7.67. The molecule has 0 bridgehead atoms. The van der Waals surface area contributed by atoms with Crippen LogP contribution in [0.25, 0.3) is 11.3 Å². The van der Waals surface area contributed by atoms with Gasteiger partial charge in [-0.15, -0.1) is 0 Å². The topological polar surface area (TPSA) is 107 Å². The van der Waals surface area contributed by atoms with Gasteiger partial charge in [0.1, 0.15) is 11.5 Å². The number of likely N-dealkylation sites (N-methyl/N-ethyl adjacent to an activating group) is 1. The number of hydrogen-bond acceptors (Lipinski definition) is 8. The summed E-state index contributed by atoms with van der Waals surface area (Å²) in [5.74, 6) is 0.278. The molecule has 8 nitrogen and oxygen atoms in total. The predicted octanol–water partition coefficient (Wildman–Crippen LogP) is 4.16. The van der Waals surface area contributed by atoms with Gasteiger partial charge >= 0.3 is 0 Å².